The molecule has 0 saturated carbocycles. The quantitative estimate of drug-likeness (QED) is 0.439. The highest BCUT2D eigenvalue weighted by atomic mass is 32.1. The van der Waals surface area contributed by atoms with Crippen LogP contribution in [-0.2, 0) is 11.2 Å². The zero-order valence-corrected chi connectivity index (χ0v) is 18.2. The molecule has 6 nitrogen and oxygen atoms in total. The SMILES string of the molecule is COc1csc(-c2ccc(OCCCOc3ccc4c(c3)CC[C@H]4CC(=O)O)cc2)n1. The maximum Gasteiger partial charge on any atom is 0.303 e. The molecule has 1 atom stereocenters. The van der Waals surface area contributed by atoms with Crippen LogP contribution < -0.4 is 14.2 Å². The number of benzene rings is 2. The van der Waals surface area contributed by atoms with Crippen LogP contribution in [0.1, 0.15) is 36.3 Å². The normalized spacial score (nSPS) is 14.8. The van der Waals surface area contributed by atoms with Gasteiger partial charge >= 0.3 is 5.97 Å². The fraction of sp³-hybridized carbons (Fsp3) is 0.333. The third-order valence-corrected chi connectivity index (χ3v) is 6.23. The van der Waals surface area contributed by atoms with Gasteiger partial charge in [-0.15, -0.1) is 11.3 Å². The maximum absolute atomic E-state index is 11.0. The molecule has 0 amide bonds. The lowest BCUT2D eigenvalue weighted by Gasteiger charge is -2.11. The van der Waals surface area contributed by atoms with Gasteiger partial charge in [0.2, 0.25) is 5.88 Å². The van der Waals surface area contributed by atoms with E-state index in [4.69, 9.17) is 19.3 Å². The van der Waals surface area contributed by atoms with Crippen LogP contribution in [0.15, 0.2) is 47.8 Å². The first-order chi connectivity index (χ1) is 15.1. The third kappa shape index (κ3) is 5.35. The number of nitrogens with zero attached hydrogens (tertiary/aromatic N) is 1. The second-order valence-corrected chi connectivity index (χ2v) is 8.32. The summed E-state index contributed by atoms with van der Waals surface area (Å²) in [5, 5.41) is 11.8. The highest BCUT2D eigenvalue weighted by Crippen LogP contribution is 2.37. The number of methoxy groups -OCH3 is 1. The Morgan fingerprint density at radius 1 is 1.13 bits per heavy atom. The predicted octanol–water partition coefficient (Wildman–Crippen LogP) is 5.17. The lowest BCUT2D eigenvalue weighted by Crippen LogP contribution is -2.05. The predicted molar refractivity (Wildman–Crippen MR) is 119 cm³/mol. The lowest BCUT2D eigenvalue weighted by molar-refractivity contribution is -0.137. The molecule has 1 heterocycles. The van der Waals surface area contributed by atoms with Gasteiger partial charge in [-0.25, -0.2) is 4.98 Å². The second kappa shape index (κ2) is 9.83. The van der Waals surface area contributed by atoms with E-state index in [0.29, 0.717) is 19.1 Å². The number of carboxylic acids is 1. The van der Waals surface area contributed by atoms with Crippen molar-refractivity contribution >= 4 is 17.3 Å². The maximum atomic E-state index is 11.0. The molecular formula is C24H25NO5S. The van der Waals surface area contributed by atoms with Crippen molar-refractivity contribution in [2.24, 2.45) is 0 Å². The van der Waals surface area contributed by atoms with Gasteiger partial charge in [0.05, 0.1) is 32.1 Å². The molecule has 1 aliphatic rings. The molecule has 0 saturated heterocycles. The van der Waals surface area contributed by atoms with E-state index in [1.165, 1.54) is 5.56 Å². The Labute approximate surface area is 185 Å². The molecule has 7 heteroatoms. The van der Waals surface area contributed by atoms with E-state index in [-0.39, 0.29) is 12.3 Å². The molecule has 31 heavy (non-hydrogen) atoms. The van der Waals surface area contributed by atoms with Crippen molar-refractivity contribution in [3.8, 4) is 28.0 Å². The molecule has 3 aromatic rings. The summed E-state index contributed by atoms with van der Waals surface area (Å²) in [5.74, 6) is 1.66. The fourth-order valence-corrected chi connectivity index (χ4v) is 4.59. The minimum absolute atomic E-state index is 0.124. The van der Waals surface area contributed by atoms with Gasteiger partial charge in [-0.1, -0.05) is 6.07 Å². The van der Waals surface area contributed by atoms with Crippen LogP contribution in [0.2, 0.25) is 0 Å². The first kappa shape index (κ1) is 21.2. The van der Waals surface area contributed by atoms with Gasteiger partial charge in [0.15, 0.2) is 0 Å². The van der Waals surface area contributed by atoms with E-state index in [2.05, 4.69) is 4.98 Å². The van der Waals surface area contributed by atoms with Crippen molar-refractivity contribution in [1.29, 1.82) is 0 Å². The van der Waals surface area contributed by atoms with Gasteiger partial charge in [-0.3, -0.25) is 4.79 Å². The highest BCUT2D eigenvalue weighted by Gasteiger charge is 2.24. The molecule has 0 unspecified atom stereocenters. The minimum Gasteiger partial charge on any atom is -0.493 e. The van der Waals surface area contributed by atoms with Gasteiger partial charge in [-0.05, 0) is 66.3 Å². The van der Waals surface area contributed by atoms with Crippen LogP contribution in [0.3, 0.4) is 0 Å². The van der Waals surface area contributed by atoms with E-state index in [0.717, 1.165) is 46.9 Å². The molecule has 0 spiro atoms. The van der Waals surface area contributed by atoms with Crippen LogP contribution in [0.4, 0.5) is 0 Å². The molecule has 4 rings (SSSR count). The molecule has 0 aliphatic heterocycles. The summed E-state index contributed by atoms with van der Waals surface area (Å²) in [4.78, 5) is 15.4. The summed E-state index contributed by atoms with van der Waals surface area (Å²) in [5.41, 5.74) is 3.39. The van der Waals surface area contributed by atoms with Crippen molar-refractivity contribution in [1.82, 2.24) is 4.98 Å². The summed E-state index contributed by atoms with van der Waals surface area (Å²) in [6.07, 6.45) is 2.78. The zero-order valence-electron chi connectivity index (χ0n) is 17.4. The summed E-state index contributed by atoms with van der Waals surface area (Å²) in [6, 6.07) is 13.9. The Kier molecular flexibility index (Phi) is 6.72. The summed E-state index contributed by atoms with van der Waals surface area (Å²) in [7, 11) is 1.61. The zero-order chi connectivity index (χ0) is 21.6. The number of thiazole rings is 1. The standard InChI is InChI=1S/C24H25NO5S/c1-28-22-15-31-24(25-22)16-5-7-19(8-6-16)29-11-2-12-30-20-9-10-21-17(13-20)3-4-18(21)14-23(26)27/h5-10,13,15,18H,2-4,11-12,14H2,1H3,(H,26,27)/t18-/m0/s1. The van der Waals surface area contributed by atoms with E-state index >= 15 is 0 Å². The minimum atomic E-state index is -0.740. The monoisotopic (exact) mass is 439 g/mol. The van der Waals surface area contributed by atoms with E-state index in [1.807, 2.05) is 47.8 Å². The van der Waals surface area contributed by atoms with Crippen molar-refractivity contribution in [2.75, 3.05) is 20.3 Å². The highest BCUT2D eigenvalue weighted by molar-refractivity contribution is 7.13. The largest absolute Gasteiger partial charge is 0.493 e. The first-order valence-corrected chi connectivity index (χ1v) is 11.2. The number of hydrogen-bond donors (Lipinski definition) is 1. The molecule has 1 aliphatic carbocycles. The molecule has 1 N–H and O–H groups in total. The molecular weight excluding hydrogens is 414 g/mol. The molecule has 162 valence electrons. The number of aryl methyl sites for hydroxylation is 1. The Balaban J connectivity index is 1.21. The molecule has 2 aromatic carbocycles. The molecule has 0 fully saturated rings. The number of aliphatic carboxylic acids is 1. The topological polar surface area (TPSA) is 77.9 Å². The van der Waals surface area contributed by atoms with Crippen molar-refractivity contribution < 1.29 is 24.1 Å². The van der Waals surface area contributed by atoms with Crippen LogP contribution >= 0.6 is 11.3 Å². The number of ether oxygens (including phenoxy) is 3. The first-order valence-electron chi connectivity index (χ1n) is 10.3. The fourth-order valence-electron chi connectivity index (χ4n) is 3.81. The average Bonchev–Trinajstić information content (AvgIpc) is 3.41. The summed E-state index contributed by atoms with van der Waals surface area (Å²) < 4.78 is 16.8. The Bertz CT molecular complexity index is 1030. The van der Waals surface area contributed by atoms with Gasteiger partial charge in [0, 0.05) is 12.0 Å². The Hall–Kier alpha value is -3.06. The number of carbonyl (C=O) groups is 1. The van der Waals surface area contributed by atoms with Gasteiger partial charge in [-0.2, -0.15) is 0 Å². The van der Waals surface area contributed by atoms with Gasteiger partial charge in [0.1, 0.15) is 16.5 Å². The summed E-state index contributed by atoms with van der Waals surface area (Å²) >= 11 is 1.55. The number of aromatic nitrogens is 1. The van der Waals surface area contributed by atoms with Crippen LogP contribution in [0.25, 0.3) is 10.6 Å². The number of carboxylic acid groups (broad SMARTS) is 1. The van der Waals surface area contributed by atoms with E-state index < -0.39 is 5.97 Å². The third-order valence-electron chi connectivity index (χ3n) is 5.36. The molecule has 1 aromatic heterocycles. The number of fused-ring (bicyclic) bond motifs is 1. The second-order valence-electron chi connectivity index (χ2n) is 7.46. The van der Waals surface area contributed by atoms with Gasteiger partial charge < -0.3 is 19.3 Å². The van der Waals surface area contributed by atoms with Crippen LogP contribution in [0.5, 0.6) is 17.4 Å². The van der Waals surface area contributed by atoms with E-state index in [9.17, 15) is 4.79 Å². The van der Waals surface area contributed by atoms with Crippen molar-refractivity contribution in [3.63, 3.8) is 0 Å². The average molecular weight is 440 g/mol. The van der Waals surface area contributed by atoms with Crippen molar-refractivity contribution in [3.05, 3.63) is 59.0 Å². The summed E-state index contributed by atoms with van der Waals surface area (Å²) in [6.45, 7) is 1.13. The smallest absolute Gasteiger partial charge is 0.303 e. The molecule has 0 bridgehead atoms. The Morgan fingerprint density at radius 3 is 2.58 bits per heavy atom. The number of rotatable bonds is 10. The van der Waals surface area contributed by atoms with E-state index in [1.54, 1.807) is 18.4 Å². The van der Waals surface area contributed by atoms with Gasteiger partial charge in [0.25, 0.3) is 0 Å². The molecule has 0 radical (unpaired) electrons. The Morgan fingerprint density at radius 2 is 1.87 bits per heavy atom. The number of hydrogen-bond acceptors (Lipinski definition) is 6. The van der Waals surface area contributed by atoms with Crippen LogP contribution in [0, 0.1) is 0 Å². The lowest BCUT2D eigenvalue weighted by atomic mass is 9.98. The van der Waals surface area contributed by atoms with Crippen LogP contribution in [-0.4, -0.2) is 36.4 Å². The van der Waals surface area contributed by atoms with Crippen molar-refractivity contribution in [2.45, 2.75) is 31.6 Å².